The molecule has 4 fully saturated rings. The van der Waals surface area contributed by atoms with Gasteiger partial charge in [0, 0.05) is 81.4 Å². The van der Waals surface area contributed by atoms with E-state index in [1.165, 1.54) is 23.3 Å². The summed E-state index contributed by atoms with van der Waals surface area (Å²) in [6.07, 6.45) is 3.11. The molecule has 3 aromatic rings. The highest BCUT2D eigenvalue weighted by Crippen LogP contribution is 2.55. The summed E-state index contributed by atoms with van der Waals surface area (Å²) >= 11 is 6.25. The molecule has 4 aliphatic rings. The van der Waals surface area contributed by atoms with Crippen molar-refractivity contribution in [3.8, 4) is 11.8 Å². The number of piperazine rings is 1. The second-order valence-electron chi connectivity index (χ2n) is 20.6. The van der Waals surface area contributed by atoms with Gasteiger partial charge >= 0.3 is 0 Å². The molecular formula is C50H65ClN8O7. The fourth-order valence-electron chi connectivity index (χ4n) is 10.0. The molecular weight excluding hydrogens is 860 g/mol. The number of aliphatic hydroxyl groups is 1. The first-order valence-corrected chi connectivity index (χ1v) is 23.5. The molecule has 0 bridgehead atoms. The molecule has 354 valence electrons. The van der Waals surface area contributed by atoms with E-state index in [0.29, 0.717) is 47.5 Å². The van der Waals surface area contributed by atoms with E-state index in [1.54, 1.807) is 30.5 Å². The molecule has 3 atom stereocenters. The maximum absolute atomic E-state index is 14.0. The van der Waals surface area contributed by atoms with Crippen LogP contribution in [-0.2, 0) is 25.7 Å². The Morgan fingerprint density at radius 3 is 2.29 bits per heavy atom. The van der Waals surface area contributed by atoms with Crippen LogP contribution in [0.1, 0.15) is 101 Å². The van der Waals surface area contributed by atoms with Crippen molar-refractivity contribution in [2.75, 3.05) is 57.4 Å². The van der Waals surface area contributed by atoms with Crippen LogP contribution < -0.4 is 25.6 Å². The van der Waals surface area contributed by atoms with Crippen LogP contribution in [0.2, 0.25) is 5.02 Å². The van der Waals surface area contributed by atoms with Gasteiger partial charge in [-0.1, -0.05) is 84.3 Å². The number of β-amino-alcohol motifs (C(OH)–C–C–N with tert-alkyl or cyclic N) is 1. The number of likely N-dealkylation sites (tertiary alicyclic amines) is 1. The van der Waals surface area contributed by atoms with Gasteiger partial charge in [0.1, 0.15) is 42.4 Å². The molecule has 1 aromatic heterocycles. The van der Waals surface area contributed by atoms with E-state index in [0.717, 1.165) is 37.6 Å². The van der Waals surface area contributed by atoms with Crippen LogP contribution in [0.4, 0.5) is 5.82 Å². The van der Waals surface area contributed by atoms with Gasteiger partial charge in [-0.05, 0) is 59.6 Å². The lowest BCUT2D eigenvalue weighted by Gasteiger charge is -2.63. The fourth-order valence-corrected chi connectivity index (χ4v) is 10.2. The molecule has 2 saturated heterocycles. The van der Waals surface area contributed by atoms with Crippen LogP contribution in [0.3, 0.4) is 0 Å². The second kappa shape index (κ2) is 19.9. The van der Waals surface area contributed by atoms with Gasteiger partial charge < -0.3 is 40.3 Å². The molecule has 2 aliphatic heterocycles. The summed E-state index contributed by atoms with van der Waals surface area (Å²) < 4.78 is 12.1. The number of nitriles is 1. The summed E-state index contributed by atoms with van der Waals surface area (Å²) in [7, 11) is 0. The Kier molecular flexibility index (Phi) is 14.7. The first kappa shape index (κ1) is 48.7. The number of aromatic nitrogens is 1. The number of nitrogens with one attached hydrogen (secondary N) is 3. The van der Waals surface area contributed by atoms with E-state index in [-0.39, 0.29) is 43.5 Å². The highest BCUT2D eigenvalue weighted by atomic mass is 35.5. The number of amides is 4. The summed E-state index contributed by atoms with van der Waals surface area (Å²) in [5.74, 6) is 0.608. The van der Waals surface area contributed by atoms with Gasteiger partial charge in [0.15, 0.2) is 0 Å². The number of carbonyl (C=O) groups is 4. The third-order valence-corrected chi connectivity index (χ3v) is 14.0. The molecule has 4 N–H and O–H groups in total. The van der Waals surface area contributed by atoms with Gasteiger partial charge in [-0.3, -0.25) is 24.1 Å². The number of ether oxygens (including phenoxy) is 2. The van der Waals surface area contributed by atoms with E-state index >= 15 is 0 Å². The number of anilines is 1. The monoisotopic (exact) mass is 924 g/mol. The Bertz CT molecular complexity index is 2260. The Labute approximate surface area is 393 Å². The zero-order valence-corrected chi connectivity index (χ0v) is 40.0. The zero-order chi connectivity index (χ0) is 47.6. The maximum Gasteiger partial charge on any atom is 0.253 e. The molecule has 0 radical (unpaired) electrons. The summed E-state index contributed by atoms with van der Waals surface area (Å²) in [4.78, 5) is 64.5. The molecule has 16 heteroatoms. The number of rotatable bonds is 16. The van der Waals surface area contributed by atoms with Crippen LogP contribution in [-0.4, -0.2) is 126 Å². The van der Waals surface area contributed by atoms with Crippen molar-refractivity contribution < 1.29 is 33.8 Å². The number of hydrogen-bond donors (Lipinski definition) is 4. The Morgan fingerprint density at radius 2 is 1.68 bits per heavy atom. The predicted molar refractivity (Wildman–Crippen MR) is 251 cm³/mol. The van der Waals surface area contributed by atoms with E-state index in [2.05, 4.69) is 76.6 Å². The molecule has 0 unspecified atom stereocenters. The average Bonchev–Trinajstić information content (AvgIpc) is 4.07. The SMILES string of the molecule is CC1(C)C(NC(=O)c2ccc(N3CCN(CCOCC(=O)N[C@H](C(=O)N4C[C@H](O)C[C@H]4C(=O)NCc4ccc(C5CC5)cc4)C(C)(C)C)CC3)nc2)C(C)(C)C1Oc1ccc(C#N)c(Cl)c1. The van der Waals surface area contributed by atoms with Gasteiger partial charge in [-0.2, -0.15) is 5.26 Å². The molecule has 0 spiro atoms. The third kappa shape index (κ3) is 11.1. The number of pyridine rings is 1. The summed E-state index contributed by atoms with van der Waals surface area (Å²) in [5, 5.41) is 29.1. The van der Waals surface area contributed by atoms with Crippen molar-refractivity contribution in [2.45, 2.75) is 111 Å². The highest BCUT2D eigenvalue weighted by Gasteiger charge is 2.64. The number of aliphatic hydroxyl groups excluding tert-OH is 1. The van der Waals surface area contributed by atoms with Crippen molar-refractivity contribution in [3.63, 3.8) is 0 Å². The minimum atomic E-state index is -0.938. The van der Waals surface area contributed by atoms with E-state index in [1.807, 2.05) is 39.0 Å². The number of halogens is 1. The lowest BCUT2D eigenvalue weighted by molar-refractivity contribution is -0.164. The molecule has 66 heavy (non-hydrogen) atoms. The van der Waals surface area contributed by atoms with E-state index in [4.69, 9.17) is 21.1 Å². The van der Waals surface area contributed by atoms with Crippen molar-refractivity contribution in [3.05, 3.63) is 88.1 Å². The normalized spacial score (nSPS) is 23.0. The van der Waals surface area contributed by atoms with Gasteiger partial charge in [0.25, 0.3) is 5.91 Å². The van der Waals surface area contributed by atoms with Crippen molar-refractivity contribution in [2.24, 2.45) is 16.2 Å². The molecule has 2 saturated carbocycles. The molecule has 15 nitrogen and oxygen atoms in total. The number of carbonyl (C=O) groups excluding carboxylic acids is 4. The first-order valence-electron chi connectivity index (χ1n) is 23.1. The topological polar surface area (TPSA) is 189 Å². The summed E-state index contributed by atoms with van der Waals surface area (Å²) in [6, 6.07) is 17.0. The van der Waals surface area contributed by atoms with Crippen LogP contribution in [0, 0.1) is 27.6 Å². The zero-order valence-electron chi connectivity index (χ0n) is 39.2. The van der Waals surface area contributed by atoms with Gasteiger partial charge in [0.2, 0.25) is 17.7 Å². The average molecular weight is 926 g/mol. The van der Waals surface area contributed by atoms with Crippen molar-refractivity contribution in [1.29, 1.82) is 5.26 Å². The standard InChI is InChI=1S/C50H65ClN8O7/c1-48(2,3)42(45(64)59-29-36(60)24-39(59)44(63)54-27-31-8-10-32(11-9-31)33-12-13-33)55-41(61)30-65-23-22-57-18-20-58(21-19-57)40-17-15-35(28-53-40)43(62)56-46-49(4,5)47(50(46,6)7)66-37-16-14-34(26-52)38(51)25-37/h8-11,14-17,25,28,33,36,39,42,46-47,60H,12-13,18-24,27,29-30H2,1-7H3,(H,54,63)(H,55,61)(H,56,62)/t36-,39+,42-,46?,47?/m1/s1. The molecule has 2 aliphatic carbocycles. The number of benzene rings is 2. The molecule has 2 aromatic carbocycles. The fraction of sp³-hybridized carbons (Fsp3) is 0.560. The summed E-state index contributed by atoms with van der Waals surface area (Å²) in [5.41, 5.74) is 1.66. The highest BCUT2D eigenvalue weighted by molar-refractivity contribution is 6.31. The van der Waals surface area contributed by atoms with Crippen LogP contribution in [0.5, 0.6) is 5.75 Å². The maximum atomic E-state index is 14.0. The van der Waals surface area contributed by atoms with Crippen LogP contribution in [0.25, 0.3) is 0 Å². The van der Waals surface area contributed by atoms with Gasteiger partial charge in [-0.15, -0.1) is 0 Å². The van der Waals surface area contributed by atoms with Gasteiger partial charge in [-0.25, -0.2) is 4.98 Å². The quantitative estimate of drug-likeness (QED) is 0.141. The molecule has 4 amide bonds. The van der Waals surface area contributed by atoms with Crippen LogP contribution >= 0.6 is 11.6 Å². The number of hydrogen-bond acceptors (Lipinski definition) is 11. The third-order valence-electron chi connectivity index (χ3n) is 13.7. The van der Waals surface area contributed by atoms with Crippen LogP contribution in [0.15, 0.2) is 60.8 Å². The second-order valence-corrected chi connectivity index (χ2v) is 21.0. The Morgan fingerprint density at radius 1 is 0.985 bits per heavy atom. The predicted octanol–water partition coefficient (Wildman–Crippen LogP) is 5.04. The first-order chi connectivity index (χ1) is 31.3. The van der Waals surface area contributed by atoms with Crippen molar-refractivity contribution >= 4 is 41.0 Å². The Balaban J connectivity index is 0.820. The lowest BCUT2D eigenvalue weighted by atomic mass is 9.49. The lowest BCUT2D eigenvalue weighted by Crippen LogP contribution is -2.74. The summed E-state index contributed by atoms with van der Waals surface area (Å²) in [6.45, 7) is 17.8. The van der Waals surface area contributed by atoms with Crippen molar-refractivity contribution in [1.82, 2.24) is 30.7 Å². The van der Waals surface area contributed by atoms with Gasteiger partial charge in [0.05, 0.1) is 28.9 Å². The van der Waals surface area contributed by atoms with E-state index < -0.39 is 46.2 Å². The molecule has 7 rings (SSSR count). The van der Waals surface area contributed by atoms with E-state index in [9.17, 15) is 29.5 Å². The number of nitrogens with zero attached hydrogens (tertiary/aromatic N) is 5. The minimum Gasteiger partial charge on any atom is -0.489 e. The minimum absolute atomic E-state index is 0.00762. The largest absolute Gasteiger partial charge is 0.489 e. The molecule has 3 heterocycles. The Hall–Kier alpha value is -5.27. The smallest absolute Gasteiger partial charge is 0.253 e.